The average molecular weight is 642 g/mol. The third-order valence-electron chi connectivity index (χ3n) is 8.02. The Labute approximate surface area is 275 Å². The van der Waals surface area contributed by atoms with Gasteiger partial charge < -0.3 is 30.2 Å². The van der Waals surface area contributed by atoms with Gasteiger partial charge in [0.05, 0.1) is 32.5 Å². The molecule has 1 aliphatic rings. The highest BCUT2D eigenvalue weighted by Crippen LogP contribution is 2.30. The average Bonchev–Trinajstić information content (AvgIpc) is 3.09. The number of alkyl carbamates (subject to hydrolysis) is 1. The number of hydrogen-bond donors (Lipinski definition) is 3. The molecular formula is C37H40ClN3O5. The Balaban J connectivity index is 1.24. The molecule has 1 aliphatic heterocycles. The maximum Gasteiger partial charge on any atom is 0.407 e. The molecule has 1 fully saturated rings. The van der Waals surface area contributed by atoms with Crippen molar-refractivity contribution >= 4 is 29.3 Å². The summed E-state index contributed by atoms with van der Waals surface area (Å²) in [6.07, 6.45) is 0.708. The normalized spacial score (nSPS) is 16.8. The first-order valence-corrected chi connectivity index (χ1v) is 15.9. The minimum absolute atomic E-state index is 0.00378. The second kappa shape index (κ2) is 16.9. The molecule has 4 aromatic rings. The van der Waals surface area contributed by atoms with E-state index in [2.05, 4.69) is 16.0 Å². The van der Waals surface area contributed by atoms with E-state index in [0.29, 0.717) is 30.3 Å². The molecule has 46 heavy (non-hydrogen) atoms. The zero-order valence-electron chi connectivity index (χ0n) is 25.9. The number of methoxy groups -OCH3 is 1. The van der Waals surface area contributed by atoms with Crippen LogP contribution in [-0.4, -0.2) is 57.1 Å². The molecule has 0 radical (unpaired) electrons. The number of carbonyl (C=O) groups excluding carboxylic acids is 2. The van der Waals surface area contributed by atoms with E-state index in [9.17, 15) is 9.59 Å². The number of ether oxygens (including phenoxy) is 3. The fraction of sp³-hybridized carbons (Fsp3) is 0.297. The molecule has 2 amide bonds. The fourth-order valence-corrected chi connectivity index (χ4v) is 5.83. The van der Waals surface area contributed by atoms with Crippen molar-refractivity contribution in [2.24, 2.45) is 0 Å². The summed E-state index contributed by atoms with van der Waals surface area (Å²) in [6, 6.07) is 33.8. The number of hydrogen-bond acceptors (Lipinski definition) is 6. The first kappa shape index (κ1) is 33.2. The number of anilines is 1. The summed E-state index contributed by atoms with van der Waals surface area (Å²) in [7, 11) is 1.29. The molecule has 1 heterocycles. The third kappa shape index (κ3) is 9.40. The van der Waals surface area contributed by atoms with E-state index in [4.69, 9.17) is 25.8 Å². The van der Waals surface area contributed by atoms with Gasteiger partial charge in [0.25, 0.3) is 0 Å². The first-order valence-electron chi connectivity index (χ1n) is 15.5. The van der Waals surface area contributed by atoms with Crippen LogP contribution in [0.2, 0.25) is 5.02 Å². The Morgan fingerprint density at radius 1 is 0.870 bits per heavy atom. The van der Waals surface area contributed by atoms with Gasteiger partial charge in [-0.05, 0) is 53.3 Å². The number of para-hydroxylation sites is 1. The second-order valence-corrected chi connectivity index (χ2v) is 11.7. The molecule has 3 N–H and O–H groups in total. The molecule has 5 rings (SSSR count). The summed E-state index contributed by atoms with van der Waals surface area (Å²) in [4.78, 5) is 26.6. The van der Waals surface area contributed by atoms with Gasteiger partial charge in [0.1, 0.15) is 6.04 Å². The number of halogens is 1. The zero-order valence-corrected chi connectivity index (χ0v) is 26.6. The molecule has 3 unspecified atom stereocenters. The molecule has 0 bridgehead atoms. The van der Waals surface area contributed by atoms with Crippen LogP contribution in [0.1, 0.15) is 34.6 Å². The van der Waals surface area contributed by atoms with Crippen molar-refractivity contribution in [1.82, 2.24) is 10.6 Å². The van der Waals surface area contributed by atoms with Gasteiger partial charge >= 0.3 is 6.09 Å². The number of nitrogens with one attached hydrogen (secondary N) is 3. The lowest BCUT2D eigenvalue weighted by Crippen LogP contribution is -2.48. The molecule has 3 atom stereocenters. The standard InChI is InChI=1S/C37H40ClN3O5/c1-44-37(43)41-35(34(28-11-4-2-5-12-28)29-13-6-3-7-14-29)36(42)40-33-15-9-8-10-27(33)18-21-31-22-39-23-32(46-31)25-45-24-26-16-19-30(38)20-17-26/h2-17,19-20,31-32,34-35,39H,18,21-25H2,1H3,(H,40,42)(H,41,43). The van der Waals surface area contributed by atoms with E-state index in [-0.39, 0.29) is 18.1 Å². The summed E-state index contributed by atoms with van der Waals surface area (Å²) in [5.74, 6) is -0.793. The van der Waals surface area contributed by atoms with Crippen molar-refractivity contribution < 1.29 is 23.8 Å². The molecular weight excluding hydrogens is 602 g/mol. The van der Waals surface area contributed by atoms with Crippen LogP contribution in [0.4, 0.5) is 10.5 Å². The predicted octanol–water partition coefficient (Wildman–Crippen LogP) is 6.34. The van der Waals surface area contributed by atoms with Crippen LogP contribution >= 0.6 is 11.6 Å². The van der Waals surface area contributed by atoms with Crippen LogP contribution < -0.4 is 16.0 Å². The number of benzene rings is 4. The summed E-state index contributed by atoms with van der Waals surface area (Å²) in [6.45, 7) is 2.44. The van der Waals surface area contributed by atoms with E-state index in [1.165, 1.54) is 7.11 Å². The Bertz CT molecular complexity index is 1500. The molecule has 0 aromatic heterocycles. The van der Waals surface area contributed by atoms with Crippen molar-refractivity contribution in [2.75, 3.05) is 32.1 Å². The SMILES string of the molecule is COC(=O)NC(C(=O)Nc1ccccc1CCC1CNCC(COCc2ccc(Cl)cc2)O1)C(c1ccccc1)c1ccccc1. The molecule has 1 saturated heterocycles. The Morgan fingerprint density at radius 2 is 1.50 bits per heavy atom. The molecule has 8 nitrogen and oxygen atoms in total. The monoisotopic (exact) mass is 641 g/mol. The van der Waals surface area contributed by atoms with Gasteiger partial charge in [0.2, 0.25) is 5.91 Å². The number of carbonyl (C=O) groups is 2. The zero-order chi connectivity index (χ0) is 32.1. The molecule has 0 spiro atoms. The van der Waals surface area contributed by atoms with Crippen LogP contribution in [0.3, 0.4) is 0 Å². The number of aryl methyl sites for hydroxylation is 1. The molecule has 240 valence electrons. The smallest absolute Gasteiger partial charge is 0.407 e. The first-order chi connectivity index (χ1) is 22.5. The quantitative estimate of drug-likeness (QED) is 0.158. The van der Waals surface area contributed by atoms with Crippen LogP contribution in [-0.2, 0) is 32.0 Å². The number of morpholine rings is 1. The van der Waals surface area contributed by atoms with Gasteiger partial charge in [-0.1, -0.05) is 103 Å². The van der Waals surface area contributed by atoms with Gasteiger partial charge in [-0.15, -0.1) is 0 Å². The van der Waals surface area contributed by atoms with Gasteiger partial charge in [-0.3, -0.25) is 4.79 Å². The molecule has 0 aliphatic carbocycles. The van der Waals surface area contributed by atoms with Crippen LogP contribution in [0, 0.1) is 0 Å². The Morgan fingerprint density at radius 3 is 2.17 bits per heavy atom. The van der Waals surface area contributed by atoms with E-state index in [1.54, 1.807) is 0 Å². The van der Waals surface area contributed by atoms with E-state index >= 15 is 0 Å². The minimum Gasteiger partial charge on any atom is -0.453 e. The van der Waals surface area contributed by atoms with E-state index < -0.39 is 18.1 Å². The van der Waals surface area contributed by atoms with Crippen molar-refractivity contribution in [3.63, 3.8) is 0 Å². The fourth-order valence-electron chi connectivity index (χ4n) is 5.70. The molecule has 9 heteroatoms. The maximum atomic E-state index is 14.0. The third-order valence-corrected chi connectivity index (χ3v) is 8.27. The van der Waals surface area contributed by atoms with Gasteiger partial charge in [0.15, 0.2) is 0 Å². The van der Waals surface area contributed by atoms with Crippen LogP contribution in [0.25, 0.3) is 0 Å². The van der Waals surface area contributed by atoms with Crippen LogP contribution in [0.15, 0.2) is 109 Å². The summed E-state index contributed by atoms with van der Waals surface area (Å²) in [5.41, 5.74) is 4.52. The van der Waals surface area contributed by atoms with E-state index in [0.717, 1.165) is 41.8 Å². The van der Waals surface area contributed by atoms with Gasteiger partial charge in [-0.25, -0.2) is 4.79 Å². The lowest BCUT2D eigenvalue weighted by Gasteiger charge is -2.31. The van der Waals surface area contributed by atoms with Crippen LogP contribution in [0.5, 0.6) is 0 Å². The number of rotatable bonds is 13. The topological polar surface area (TPSA) is 97.9 Å². The highest BCUT2D eigenvalue weighted by molar-refractivity contribution is 6.30. The summed E-state index contributed by atoms with van der Waals surface area (Å²) in [5, 5.41) is 10.1. The van der Waals surface area contributed by atoms with Crippen molar-refractivity contribution in [3.05, 3.63) is 136 Å². The van der Waals surface area contributed by atoms with Crippen molar-refractivity contribution in [1.29, 1.82) is 0 Å². The van der Waals surface area contributed by atoms with E-state index in [1.807, 2.05) is 109 Å². The van der Waals surface area contributed by atoms with Crippen molar-refractivity contribution in [2.45, 2.75) is 43.6 Å². The highest BCUT2D eigenvalue weighted by atomic mass is 35.5. The maximum absolute atomic E-state index is 14.0. The largest absolute Gasteiger partial charge is 0.453 e. The van der Waals surface area contributed by atoms with Gasteiger partial charge in [-0.2, -0.15) is 0 Å². The lowest BCUT2D eigenvalue weighted by molar-refractivity contribution is -0.118. The number of amides is 2. The minimum atomic E-state index is -0.940. The summed E-state index contributed by atoms with van der Waals surface area (Å²) < 4.78 is 17.2. The Kier molecular flexibility index (Phi) is 12.2. The molecule has 0 saturated carbocycles. The summed E-state index contributed by atoms with van der Waals surface area (Å²) >= 11 is 5.98. The Hall–Kier alpha value is -4.21. The van der Waals surface area contributed by atoms with Crippen molar-refractivity contribution in [3.8, 4) is 0 Å². The second-order valence-electron chi connectivity index (χ2n) is 11.3. The predicted molar refractivity (Wildman–Crippen MR) is 180 cm³/mol. The lowest BCUT2D eigenvalue weighted by atomic mass is 9.84. The molecule has 4 aromatic carbocycles. The highest BCUT2D eigenvalue weighted by Gasteiger charge is 2.33. The van der Waals surface area contributed by atoms with Gasteiger partial charge in [0, 0.05) is 29.7 Å².